The third kappa shape index (κ3) is 2.62. The predicted octanol–water partition coefficient (Wildman–Crippen LogP) is 2.13. The molecule has 0 spiro atoms. The number of likely N-dealkylation sites (tertiary alicyclic amines) is 1. The molecule has 2 rings (SSSR count). The van der Waals surface area contributed by atoms with Gasteiger partial charge in [0.2, 0.25) is 0 Å². The van der Waals surface area contributed by atoms with E-state index in [1.807, 2.05) is 5.51 Å². The van der Waals surface area contributed by atoms with Gasteiger partial charge in [-0.05, 0) is 25.9 Å². The Balaban J connectivity index is 2.02. The molecule has 3 nitrogen and oxygen atoms in total. The lowest BCUT2D eigenvalue weighted by molar-refractivity contribution is 0.265. The third-order valence-electron chi connectivity index (χ3n) is 3.32. The van der Waals surface area contributed by atoms with Crippen molar-refractivity contribution in [2.24, 2.45) is 5.92 Å². The summed E-state index contributed by atoms with van der Waals surface area (Å²) < 4.78 is 0. The summed E-state index contributed by atoms with van der Waals surface area (Å²) in [7, 11) is 2.21. The number of nitrogens with zero attached hydrogens (tertiary/aromatic N) is 2. The monoisotopic (exact) mass is 239 g/mol. The van der Waals surface area contributed by atoms with Crippen molar-refractivity contribution < 1.29 is 0 Å². The van der Waals surface area contributed by atoms with Gasteiger partial charge in [-0.1, -0.05) is 13.8 Å². The van der Waals surface area contributed by atoms with Crippen LogP contribution in [0.2, 0.25) is 0 Å². The Kier molecular flexibility index (Phi) is 3.95. The first-order chi connectivity index (χ1) is 7.68. The molecule has 2 atom stereocenters. The van der Waals surface area contributed by atoms with Gasteiger partial charge in [0.15, 0.2) is 0 Å². The number of hydrogen-bond acceptors (Lipinski definition) is 4. The van der Waals surface area contributed by atoms with Crippen molar-refractivity contribution in [2.75, 3.05) is 20.1 Å². The van der Waals surface area contributed by atoms with Crippen LogP contribution in [-0.4, -0.2) is 36.1 Å². The highest BCUT2D eigenvalue weighted by atomic mass is 32.1. The van der Waals surface area contributed by atoms with Gasteiger partial charge in [0.05, 0.1) is 17.2 Å². The molecule has 0 aromatic carbocycles. The molecule has 1 aromatic heterocycles. The molecule has 1 fully saturated rings. The SMILES string of the molecule is CC(C)NCC1CCN(C)C1c1cscn1. The summed E-state index contributed by atoms with van der Waals surface area (Å²) in [5, 5.41) is 5.74. The molecule has 0 aliphatic carbocycles. The number of rotatable bonds is 4. The van der Waals surface area contributed by atoms with Crippen LogP contribution in [0.15, 0.2) is 10.9 Å². The van der Waals surface area contributed by atoms with Crippen LogP contribution in [-0.2, 0) is 0 Å². The predicted molar refractivity (Wildman–Crippen MR) is 68.7 cm³/mol. The Bertz CT molecular complexity index is 310. The molecule has 0 radical (unpaired) electrons. The van der Waals surface area contributed by atoms with Crippen LogP contribution in [0.5, 0.6) is 0 Å². The van der Waals surface area contributed by atoms with E-state index in [2.05, 4.69) is 41.5 Å². The van der Waals surface area contributed by atoms with E-state index < -0.39 is 0 Å². The standard InChI is InChI=1S/C12H21N3S/c1-9(2)13-6-10-4-5-15(3)12(10)11-7-16-8-14-11/h7-10,12-13H,4-6H2,1-3H3. The molecule has 1 saturated heterocycles. The first kappa shape index (κ1) is 12.0. The summed E-state index contributed by atoms with van der Waals surface area (Å²) >= 11 is 1.70. The zero-order chi connectivity index (χ0) is 11.5. The molecule has 1 aliphatic heterocycles. The molecule has 1 N–H and O–H groups in total. The van der Waals surface area contributed by atoms with Crippen molar-refractivity contribution in [1.29, 1.82) is 0 Å². The van der Waals surface area contributed by atoms with E-state index in [1.54, 1.807) is 11.3 Å². The number of thiazole rings is 1. The highest BCUT2D eigenvalue weighted by Crippen LogP contribution is 2.35. The largest absolute Gasteiger partial charge is 0.314 e. The lowest BCUT2D eigenvalue weighted by Crippen LogP contribution is -2.32. The lowest BCUT2D eigenvalue weighted by Gasteiger charge is -2.24. The average molecular weight is 239 g/mol. The molecular weight excluding hydrogens is 218 g/mol. The molecule has 1 aromatic rings. The summed E-state index contributed by atoms with van der Waals surface area (Å²) in [5.74, 6) is 0.703. The zero-order valence-corrected chi connectivity index (χ0v) is 11.1. The van der Waals surface area contributed by atoms with Crippen molar-refractivity contribution >= 4 is 11.3 Å². The van der Waals surface area contributed by atoms with Gasteiger partial charge in [-0.25, -0.2) is 4.98 Å². The summed E-state index contributed by atoms with van der Waals surface area (Å²) in [6.07, 6.45) is 1.28. The molecule has 2 unspecified atom stereocenters. The van der Waals surface area contributed by atoms with Crippen molar-refractivity contribution in [1.82, 2.24) is 15.2 Å². The number of nitrogens with one attached hydrogen (secondary N) is 1. The maximum absolute atomic E-state index is 4.48. The van der Waals surface area contributed by atoms with Gasteiger partial charge >= 0.3 is 0 Å². The van der Waals surface area contributed by atoms with E-state index in [9.17, 15) is 0 Å². The second-order valence-corrected chi connectivity index (χ2v) is 5.67. The van der Waals surface area contributed by atoms with Gasteiger partial charge in [0.25, 0.3) is 0 Å². The van der Waals surface area contributed by atoms with Crippen LogP contribution in [0.25, 0.3) is 0 Å². The Hall–Kier alpha value is -0.450. The molecule has 16 heavy (non-hydrogen) atoms. The van der Waals surface area contributed by atoms with Gasteiger partial charge in [-0.15, -0.1) is 11.3 Å². The van der Waals surface area contributed by atoms with Gasteiger partial charge in [0.1, 0.15) is 0 Å². The first-order valence-electron chi connectivity index (χ1n) is 6.00. The van der Waals surface area contributed by atoms with E-state index >= 15 is 0 Å². The molecule has 0 bridgehead atoms. The normalized spacial score (nSPS) is 26.8. The van der Waals surface area contributed by atoms with Crippen molar-refractivity contribution in [3.63, 3.8) is 0 Å². The summed E-state index contributed by atoms with van der Waals surface area (Å²) in [4.78, 5) is 6.91. The quantitative estimate of drug-likeness (QED) is 0.872. The van der Waals surface area contributed by atoms with Gasteiger partial charge in [-0.2, -0.15) is 0 Å². The number of hydrogen-bond donors (Lipinski definition) is 1. The molecule has 2 heterocycles. The summed E-state index contributed by atoms with van der Waals surface area (Å²) in [6, 6.07) is 1.08. The van der Waals surface area contributed by atoms with Crippen LogP contribution in [0.4, 0.5) is 0 Å². The lowest BCUT2D eigenvalue weighted by atomic mass is 9.98. The van der Waals surface area contributed by atoms with Crippen molar-refractivity contribution in [3.05, 3.63) is 16.6 Å². The minimum atomic E-state index is 0.512. The number of aromatic nitrogens is 1. The second-order valence-electron chi connectivity index (χ2n) is 4.95. The molecule has 1 aliphatic rings. The van der Waals surface area contributed by atoms with Crippen LogP contribution < -0.4 is 5.32 Å². The molecular formula is C12H21N3S. The topological polar surface area (TPSA) is 28.2 Å². The molecule has 90 valence electrons. The fourth-order valence-electron chi connectivity index (χ4n) is 2.46. The second kappa shape index (κ2) is 5.25. The fourth-order valence-corrected chi connectivity index (χ4v) is 3.05. The van der Waals surface area contributed by atoms with Crippen LogP contribution >= 0.6 is 11.3 Å². The average Bonchev–Trinajstić information content (AvgIpc) is 2.83. The van der Waals surface area contributed by atoms with Gasteiger partial charge in [-0.3, -0.25) is 4.90 Å². The highest BCUT2D eigenvalue weighted by molar-refractivity contribution is 7.07. The van der Waals surface area contributed by atoms with E-state index in [0.29, 0.717) is 18.0 Å². The maximum atomic E-state index is 4.48. The molecule has 0 amide bonds. The first-order valence-corrected chi connectivity index (χ1v) is 6.94. The maximum Gasteiger partial charge on any atom is 0.0795 e. The van der Waals surface area contributed by atoms with E-state index in [0.717, 1.165) is 6.54 Å². The summed E-state index contributed by atoms with van der Waals surface area (Å²) in [5.41, 5.74) is 3.19. The Morgan fingerprint density at radius 3 is 3.06 bits per heavy atom. The van der Waals surface area contributed by atoms with E-state index in [-0.39, 0.29) is 0 Å². The highest BCUT2D eigenvalue weighted by Gasteiger charge is 2.33. The Labute approximate surface area is 102 Å². The molecule has 4 heteroatoms. The van der Waals surface area contributed by atoms with Crippen LogP contribution in [0.1, 0.15) is 32.0 Å². The van der Waals surface area contributed by atoms with Crippen molar-refractivity contribution in [3.8, 4) is 0 Å². The van der Waals surface area contributed by atoms with E-state index in [1.165, 1.54) is 18.7 Å². The van der Waals surface area contributed by atoms with Crippen molar-refractivity contribution in [2.45, 2.75) is 32.4 Å². The Morgan fingerprint density at radius 2 is 2.44 bits per heavy atom. The van der Waals surface area contributed by atoms with Gasteiger partial charge < -0.3 is 5.32 Å². The zero-order valence-electron chi connectivity index (χ0n) is 10.3. The minimum Gasteiger partial charge on any atom is -0.314 e. The smallest absolute Gasteiger partial charge is 0.0795 e. The van der Waals surface area contributed by atoms with Gasteiger partial charge in [0, 0.05) is 18.0 Å². The third-order valence-corrected chi connectivity index (χ3v) is 3.92. The van der Waals surface area contributed by atoms with Crippen LogP contribution in [0.3, 0.4) is 0 Å². The summed E-state index contributed by atoms with van der Waals surface area (Å²) in [6.45, 7) is 6.70. The van der Waals surface area contributed by atoms with Crippen LogP contribution in [0, 0.1) is 5.92 Å². The Morgan fingerprint density at radius 1 is 1.62 bits per heavy atom. The van der Waals surface area contributed by atoms with E-state index in [4.69, 9.17) is 0 Å². The molecule has 0 saturated carbocycles. The minimum absolute atomic E-state index is 0.512. The fraction of sp³-hybridized carbons (Fsp3) is 0.750.